The smallest absolute Gasteiger partial charge is 0.314 e. The number of carbonyl (C=O) groups is 1. The van der Waals surface area contributed by atoms with Gasteiger partial charge < -0.3 is 14.6 Å². The molecule has 4 heteroatoms. The molecule has 0 heterocycles. The molecular formula is C13H26O4. The van der Waals surface area contributed by atoms with Gasteiger partial charge in [-0.25, -0.2) is 0 Å². The summed E-state index contributed by atoms with van der Waals surface area (Å²) in [6.45, 7) is 11.7. The summed E-state index contributed by atoms with van der Waals surface area (Å²) in [5, 5.41) is 9.25. The second-order valence-corrected chi connectivity index (χ2v) is 5.63. The molecule has 0 aliphatic heterocycles. The summed E-state index contributed by atoms with van der Waals surface area (Å²) in [6.07, 6.45) is 0.862. The Bertz CT molecular complexity index is 248. The van der Waals surface area contributed by atoms with Crippen molar-refractivity contribution in [3.05, 3.63) is 0 Å². The Balaban J connectivity index is 4.47. The third kappa shape index (κ3) is 6.03. The van der Waals surface area contributed by atoms with Gasteiger partial charge in [-0.3, -0.25) is 4.79 Å². The van der Waals surface area contributed by atoms with Crippen molar-refractivity contribution in [1.82, 2.24) is 0 Å². The molecule has 0 fully saturated rings. The van der Waals surface area contributed by atoms with Crippen molar-refractivity contribution in [3.8, 4) is 0 Å². The fourth-order valence-electron chi connectivity index (χ4n) is 0.972. The van der Waals surface area contributed by atoms with Crippen LogP contribution in [0.5, 0.6) is 0 Å². The minimum Gasteiger partial charge on any atom is -0.481 e. The largest absolute Gasteiger partial charge is 0.481 e. The third-order valence-corrected chi connectivity index (χ3v) is 2.88. The first kappa shape index (κ1) is 16.4. The summed E-state index contributed by atoms with van der Waals surface area (Å²) in [6, 6.07) is 0. The predicted molar refractivity (Wildman–Crippen MR) is 67.2 cm³/mol. The van der Waals surface area contributed by atoms with Crippen molar-refractivity contribution in [3.63, 3.8) is 0 Å². The highest BCUT2D eigenvalue weighted by Gasteiger charge is 2.36. The third-order valence-electron chi connectivity index (χ3n) is 2.88. The zero-order valence-electron chi connectivity index (χ0n) is 11.9. The lowest BCUT2D eigenvalue weighted by Crippen LogP contribution is -2.41. The van der Waals surface area contributed by atoms with E-state index in [2.05, 4.69) is 0 Å². The average molecular weight is 246 g/mol. The van der Waals surface area contributed by atoms with Crippen LogP contribution in [0.15, 0.2) is 0 Å². The first-order valence-corrected chi connectivity index (χ1v) is 6.12. The van der Waals surface area contributed by atoms with Gasteiger partial charge in [0.15, 0.2) is 0 Å². The minimum absolute atomic E-state index is 0.0212. The van der Waals surface area contributed by atoms with Gasteiger partial charge in [0.05, 0.1) is 24.9 Å². The lowest BCUT2D eigenvalue weighted by molar-refractivity contribution is -0.163. The lowest BCUT2D eigenvalue weighted by atomic mass is 9.92. The Hall–Kier alpha value is -0.610. The SMILES string of the molecule is CCC(C)(C)OCC(C)(COC(C)C)C(=O)O. The van der Waals surface area contributed by atoms with Crippen LogP contribution in [0.2, 0.25) is 0 Å². The quantitative estimate of drug-likeness (QED) is 0.715. The summed E-state index contributed by atoms with van der Waals surface area (Å²) in [7, 11) is 0. The van der Waals surface area contributed by atoms with E-state index in [0.717, 1.165) is 6.42 Å². The van der Waals surface area contributed by atoms with E-state index in [4.69, 9.17) is 9.47 Å². The number of hydrogen-bond donors (Lipinski definition) is 1. The summed E-state index contributed by atoms with van der Waals surface area (Å²) in [4.78, 5) is 11.3. The maximum atomic E-state index is 11.3. The highest BCUT2D eigenvalue weighted by atomic mass is 16.5. The van der Waals surface area contributed by atoms with Gasteiger partial charge in [-0.15, -0.1) is 0 Å². The average Bonchev–Trinajstić information content (AvgIpc) is 2.23. The van der Waals surface area contributed by atoms with Gasteiger partial charge in [-0.2, -0.15) is 0 Å². The number of carboxylic acids is 1. The molecule has 0 amide bonds. The second kappa shape index (κ2) is 6.36. The van der Waals surface area contributed by atoms with Crippen molar-refractivity contribution in [1.29, 1.82) is 0 Å². The summed E-state index contributed by atoms with van der Waals surface area (Å²) in [5.41, 5.74) is -1.29. The topological polar surface area (TPSA) is 55.8 Å². The Morgan fingerprint density at radius 1 is 1.24 bits per heavy atom. The van der Waals surface area contributed by atoms with Crippen LogP contribution in [-0.4, -0.2) is 36.0 Å². The molecule has 0 aromatic carbocycles. The Morgan fingerprint density at radius 2 is 1.76 bits per heavy atom. The van der Waals surface area contributed by atoms with E-state index in [1.165, 1.54) is 0 Å². The standard InChI is InChI=1S/C13H26O4/c1-7-12(4,5)17-9-13(6,11(14)15)8-16-10(2)3/h10H,7-9H2,1-6H3,(H,14,15). The number of carboxylic acid groups (broad SMARTS) is 1. The van der Waals surface area contributed by atoms with E-state index in [-0.39, 0.29) is 24.9 Å². The zero-order valence-corrected chi connectivity index (χ0v) is 11.9. The van der Waals surface area contributed by atoms with E-state index >= 15 is 0 Å². The van der Waals surface area contributed by atoms with Gasteiger partial charge in [0.1, 0.15) is 5.41 Å². The zero-order chi connectivity index (χ0) is 13.7. The van der Waals surface area contributed by atoms with Crippen LogP contribution in [0.3, 0.4) is 0 Å². The van der Waals surface area contributed by atoms with Crippen molar-refractivity contribution >= 4 is 5.97 Å². The molecule has 0 aliphatic rings. The molecule has 17 heavy (non-hydrogen) atoms. The molecular weight excluding hydrogens is 220 g/mol. The summed E-state index contributed by atoms with van der Waals surface area (Å²) < 4.78 is 11.1. The van der Waals surface area contributed by atoms with E-state index in [0.29, 0.717) is 0 Å². The summed E-state index contributed by atoms with van der Waals surface area (Å²) in [5.74, 6) is -0.884. The van der Waals surface area contributed by atoms with E-state index in [9.17, 15) is 9.90 Å². The van der Waals surface area contributed by atoms with Crippen LogP contribution >= 0.6 is 0 Å². The monoisotopic (exact) mass is 246 g/mol. The van der Waals surface area contributed by atoms with Gasteiger partial charge in [-0.1, -0.05) is 6.92 Å². The molecule has 0 saturated carbocycles. The van der Waals surface area contributed by atoms with Gasteiger partial charge >= 0.3 is 5.97 Å². The number of hydrogen-bond acceptors (Lipinski definition) is 3. The molecule has 1 N–H and O–H groups in total. The number of aliphatic carboxylic acids is 1. The molecule has 1 atom stereocenters. The molecule has 0 saturated heterocycles. The van der Waals surface area contributed by atoms with E-state index in [1.54, 1.807) is 6.92 Å². The highest BCUT2D eigenvalue weighted by Crippen LogP contribution is 2.23. The second-order valence-electron chi connectivity index (χ2n) is 5.63. The predicted octanol–water partition coefficient (Wildman–Crippen LogP) is 2.71. The van der Waals surface area contributed by atoms with Crippen LogP contribution in [0, 0.1) is 5.41 Å². The molecule has 0 bridgehead atoms. The minimum atomic E-state index is -0.989. The Kier molecular flexibility index (Phi) is 6.13. The fourth-order valence-corrected chi connectivity index (χ4v) is 0.972. The first-order chi connectivity index (χ1) is 7.63. The molecule has 1 unspecified atom stereocenters. The molecule has 0 aliphatic carbocycles. The van der Waals surface area contributed by atoms with Crippen molar-refractivity contribution in [2.24, 2.45) is 5.41 Å². The van der Waals surface area contributed by atoms with E-state index < -0.39 is 11.4 Å². The van der Waals surface area contributed by atoms with Gasteiger partial charge in [-0.05, 0) is 41.0 Å². The van der Waals surface area contributed by atoms with E-state index in [1.807, 2.05) is 34.6 Å². The van der Waals surface area contributed by atoms with Crippen molar-refractivity contribution in [2.45, 2.75) is 59.7 Å². The molecule has 0 aromatic heterocycles. The number of rotatable bonds is 8. The van der Waals surface area contributed by atoms with Crippen LogP contribution in [0.4, 0.5) is 0 Å². The van der Waals surface area contributed by atoms with Crippen LogP contribution < -0.4 is 0 Å². The van der Waals surface area contributed by atoms with Crippen molar-refractivity contribution in [2.75, 3.05) is 13.2 Å². The van der Waals surface area contributed by atoms with Crippen molar-refractivity contribution < 1.29 is 19.4 Å². The molecule has 0 radical (unpaired) electrons. The molecule has 4 nitrogen and oxygen atoms in total. The molecule has 0 aromatic rings. The summed E-state index contributed by atoms with van der Waals surface area (Å²) >= 11 is 0. The Labute approximate surface area is 104 Å². The molecule has 102 valence electrons. The maximum absolute atomic E-state index is 11.3. The normalized spacial score (nSPS) is 15.9. The fraction of sp³-hybridized carbons (Fsp3) is 0.923. The Morgan fingerprint density at radius 3 is 2.12 bits per heavy atom. The van der Waals surface area contributed by atoms with Crippen LogP contribution in [0.1, 0.15) is 48.0 Å². The molecule has 0 spiro atoms. The van der Waals surface area contributed by atoms with Gasteiger partial charge in [0, 0.05) is 0 Å². The van der Waals surface area contributed by atoms with Crippen LogP contribution in [-0.2, 0) is 14.3 Å². The lowest BCUT2D eigenvalue weighted by Gasteiger charge is -2.31. The maximum Gasteiger partial charge on any atom is 0.314 e. The van der Waals surface area contributed by atoms with Gasteiger partial charge in [0.2, 0.25) is 0 Å². The number of ether oxygens (including phenoxy) is 2. The molecule has 0 rings (SSSR count). The van der Waals surface area contributed by atoms with Crippen LogP contribution in [0.25, 0.3) is 0 Å². The first-order valence-electron chi connectivity index (χ1n) is 6.12. The highest BCUT2D eigenvalue weighted by molar-refractivity contribution is 5.74. The van der Waals surface area contributed by atoms with Gasteiger partial charge in [0.25, 0.3) is 0 Å².